The molecular formula is C17H25BrN2O. The van der Waals surface area contributed by atoms with Crippen LogP contribution in [0.2, 0.25) is 0 Å². The molecule has 0 atom stereocenters. The Morgan fingerprint density at radius 3 is 2.62 bits per heavy atom. The van der Waals surface area contributed by atoms with Gasteiger partial charge in [-0.2, -0.15) is 0 Å². The van der Waals surface area contributed by atoms with E-state index >= 15 is 0 Å². The van der Waals surface area contributed by atoms with Crippen molar-refractivity contribution in [3.63, 3.8) is 0 Å². The first-order valence-corrected chi connectivity index (χ1v) is 8.51. The minimum absolute atomic E-state index is 0.159. The highest BCUT2D eigenvalue weighted by molar-refractivity contribution is 9.10. The predicted octanol–water partition coefficient (Wildman–Crippen LogP) is 3.64. The van der Waals surface area contributed by atoms with E-state index in [1.807, 2.05) is 29.2 Å². The number of amides is 1. The van der Waals surface area contributed by atoms with E-state index in [-0.39, 0.29) is 5.91 Å². The summed E-state index contributed by atoms with van der Waals surface area (Å²) in [5.41, 5.74) is 0.780. The van der Waals surface area contributed by atoms with Gasteiger partial charge in [0.1, 0.15) is 0 Å². The van der Waals surface area contributed by atoms with Gasteiger partial charge in [0.25, 0.3) is 5.91 Å². The zero-order chi connectivity index (χ0) is 15.4. The Bertz CT molecular complexity index is 481. The summed E-state index contributed by atoms with van der Waals surface area (Å²) in [6.45, 7) is 7.35. The zero-order valence-corrected chi connectivity index (χ0v) is 14.8. The number of halogens is 1. The summed E-state index contributed by atoms with van der Waals surface area (Å²) in [7, 11) is 2.18. The van der Waals surface area contributed by atoms with Crippen LogP contribution in [0.4, 0.5) is 0 Å². The highest BCUT2D eigenvalue weighted by Gasteiger charge is 2.24. The topological polar surface area (TPSA) is 23.6 Å². The Kier molecular flexibility index (Phi) is 5.82. The molecule has 1 aromatic rings. The van der Waals surface area contributed by atoms with Gasteiger partial charge in [-0.25, -0.2) is 0 Å². The number of piperidine rings is 1. The van der Waals surface area contributed by atoms with Gasteiger partial charge in [-0.15, -0.1) is 0 Å². The van der Waals surface area contributed by atoms with Crippen LogP contribution in [-0.4, -0.2) is 48.4 Å². The molecule has 1 fully saturated rings. The van der Waals surface area contributed by atoms with E-state index in [2.05, 4.69) is 41.7 Å². The largest absolute Gasteiger partial charge is 0.339 e. The first kappa shape index (κ1) is 16.5. The highest BCUT2D eigenvalue weighted by atomic mass is 79.9. The molecule has 1 saturated heterocycles. The maximum absolute atomic E-state index is 12.5. The van der Waals surface area contributed by atoms with E-state index in [1.54, 1.807) is 0 Å². The van der Waals surface area contributed by atoms with E-state index in [1.165, 1.54) is 0 Å². The first-order chi connectivity index (χ1) is 9.97. The highest BCUT2D eigenvalue weighted by Crippen LogP contribution is 2.21. The van der Waals surface area contributed by atoms with Crippen molar-refractivity contribution in [2.24, 2.45) is 5.92 Å². The Morgan fingerprint density at radius 1 is 1.38 bits per heavy atom. The molecular weight excluding hydrogens is 328 g/mol. The van der Waals surface area contributed by atoms with E-state index < -0.39 is 0 Å². The Morgan fingerprint density at radius 2 is 2.05 bits per heavy atom. The second kappa shape index (κ2) is 7.41. The number of likely N-dealkylation sites (tertiary alicyclic amines) is 1. The van der Waals surface area contributed by atoms with Crippen molar-refractivity contribution in [1.29, 1.82) is 0 Å². The summed E-state index contributed by atoms with van der Waals surface area (Å²) in [6.07, 6.45) is 2.22. The lowest BCUT2D eigenvalue weighted by Crippen LogP contribution is -2.42. The summed E-state index contributed by atoms with van der Waals surface area (Å²) in [5.74, 6) is 0.871. The number of hydrogen-bond acceptors (Lipinski definition) is 2. The minimum Gasteiger partial charge on any atom is -0.339 e. The quantitative estimate of drug-likeness (QED) is 0.825. The van der Waals surface area contributed by atoms with Crippen molar-refractivity contribution < 1.29 is 4.79 Å². The number of carbonyl (C=O) groups excluding carboxylic acids is 1. The molecule has 0 spiro atoms. The van der Waals surface area contributed by atoms with E-state index in [4.69, 9.17) is 0 Å². The van der Waals surface area contributed by atoms with Gasteiger partial charge in [-0.1, -0.05) is 22.0 Å². The molecule has 1 aliphatic rings. The number of rotatable bonds is 4. The van der Waals surface area contributed by atoms with E-state index in [9.17, 15) is 4.79 Å². The fourth-order valence-corrected chi connectivity index (χ4v) is 3.14. The van der Waals surface area contributed by atoms with Gasteiger partial charge in [0.2, 0.25) is 0 Å². The van der Waals surface area contributed by atoms with Crippen molar-refractivity contribution in [2.75, 3.05) is 26.7 Å². The third-order valence-electron chi connectivity index (χ3n) is 4.40. The molecule has 3 nitrogen and oxygen atoms in total. The molecule has 0 aromatic heterocycles. The standard InChI is InChI=1S/C17H25BrN2O/c1-13(2)19(3)12-14-7-9-20(10-8-14)17(21)15-5-4-6-16(18)11-15/h4-6,11,13-14H,7-10,12H2,1-3H3. The molecule has 1 amide bonds. The predicted molar refractivity (Wildman–Crippen MR) is 90.5 cm³/mol. The molecule has 0 unspecified atom stereocenters. The number of benzene rings is 1. The average Bonchev–Trinajstić information content (AvgIpc) is 2.47. The minimum atomic E-state index is 0.159. The summed E-state index contributed by atoms with van der Waals surface area (Å²) in [5, 5.41) is 0. The van der Waals surface area contributed by atoms with Crippen LogP contribution in [0.1, 0.15) is 37.0 Å². The second-order valence-corrected chi connectivity index (χ2v) is 7.19. The Hall–Kier alpha value is -0.870. The van der Waals surface area contributed by atoms with Gasteiger partial charge < -0.3 is 9.80 Å². The van der Waals surface area contributed by atoms with Gasteiger partial charge >= 0.3 is 0 Å². The molecule has 4 heteroatoms. The zero-order valence-electron chi connectivity index (χ0n) is 13.2. The summed E-state index contributed by atoms with van der Waals surface area (Å²) < 4.78 is 0.960. The van der Waals surface area contributed by atoms with Crippen molar-refractivity contribution in [3.8, 4) is 0 Å². The van der Waals surface area contributed by atoms with Crippen LogP contribution >= 0.6 is 15.9 Å². The normalized spacial score (nSPS) is 16.8. The van der Waals surface area contributed by atoms with E-state index in [0.29, 0.717) is 12.0 Å². The lowest BCUT2D eigenvalue weighted by molar-refractivity contribution is 0.0666. The smallest absolute Gasteiger partial charge is 0.253 e. The maximum atomic E-state index is 12.5. The van der Waals surface area contributed by atoms with Crippen molar-refractivity contribution in [1.82, 2.24) is 9.80 Å². The van der Waals surface area contributed by atoms with Crippen LogP contribution in [0.25, 0.3) is 0 Å². The Labute approximate surface area is 136 Å². The van der Waals surface area contributed by atoms with Crippen LogP contribution in [0.5, 0.6) is 0 Å². The molecule has 0 aliphatic carbocycles. The van der Waals surface area contributed by atoms with Gasteiger partial charge in [-0.3, -0.25) is 4.79 Å². The molecule has 0 radical (unpaired) electrons. The van der Waals surface area contributed by atoms with E-state index in [0.717, 1.165) is 42.5 Å². The average molecular weight is 353 g/mol. The third kappa shape index (κ3) is 4.55. The Balaban J connectivity index is 1.87. The fraction of sp³-hybridized carbons (Fsp3) is 0.588. The maximum Gasteiger partial charge on any atom is 0.253 e. The monoisotopic (exact) mass is 352 g/mol. The van der Waals surface area contributed by atoms with Crippen LogP contribution in [0, 0.1) is 5.92 Å². The van der Waals surface area contributed by atoms with Crippen molar-refractivity contribution in [2.45, 2.75) is 32.7 Å². The molecule has 0 bridgehead atoms. The molecule has 1 heterocycles. The number of nitrogens with zero attached hydrogens (tertiary/aromatic N) is 2. The molecule has 116 valence electrons. The van der Waals surface area contributed by atoms with Gasteiger partial charge in [0.15, 0.2) is 0 Å². The lowest BCUT2D eigenvalue weighted by Gasteiger charge is -2.35. The second-order valence-electron chi connectivity index (χ2n) is 6.28. The summed E-state index contributed by atoms with van der Waals surface area (Å²) in [4.78, 5) is 16.9. The van der Waals surface area contributed by atoms with Gasteiger partial charge in [0.05, 0.1) is 0 Å². The SMILES string of the molecule is CC(C)N(C)CC1CCN(C(=O)c2cccc(Br)c2)CC1. The number of hydrogen-bond donors (Lipinski definition) is 0. The van der Waals surface area contributed by atoms with Crippen LogP contribution in [0.15, 0.2) is 28.7 Å². The molecule has 21 heavy (non-hydrogen) atoms. The third-order valence-corrected chi connectivity index (χ3v) is 4.89. The van der Waals surface area contributed by atoms with Crippen LogP contribution < -0.4 is 0 Å². The molecule has 1 aliphatic heterocycles. The summed E-state index contributed by atoms with van der Waals surface area (Å²) in [6, 6.07) is 8.25. The van der Waals surface area contributed by atoms with Gasteiger partial charge in [0, 0.05) is 35.7 Å². The number of carbonyl (C=O) groups is 1. The lowest BCUT2D eigenvalue weighted by atomic mass is 9.95. The molecule has 0 saturated carbocycles. The van der Waals surface area contributed by atoms with Crippen molar-refractivity contribution in [3.05, 3.63) is 34.3 Å². The van der Waals surface area contributed by atoms with Crippen LogP contribution in [-0.2, 0) is 0 Å². The molecule has 1 aromatic carbocycles. The van der Waals surface area contributed by atoms with Gasteiger partial charge in [-0.05, 0) is 57.9 Å². The fourth-order valence-electron chi connectivity index (χ4n) is 2.74. The molecule has 0 N–H and O–H groups in total. The van der Waals surface area contributed by atoms with Crippen LogP contribution in [0.3, 0.4) is 0 Å². The summed E-state index contributed by atoms with van der Waals surface area (Å²) >= 11 is 3.43. The molecule has 2 rings (SSSR count). The first-order valence-electron chi connectivity index (χ1n) is 7.72. The van der Waals surface area contributed by atoms with Crippen molar-refractivity contribution >= 4 is 21.8 Å².